The van der Waals surface area contributed by atoms with E-state index in [2.05, 4.69) is 0 Å². The van der Waals surface area contributed by atoms with Crippen LogP contribution >= 0.6 is 0 Å². The van der Waals surface area contributed by atoms with Crippen molar-refractivity contribution in [1.29, 1.82) is 0 Å². The zero-order valence-corrected chi connectivity index (χ0v) is 16.3. The highest BCUT2D eigenvalue weighted by Gasteiger charge is 2.51. The Bertz CT molecular complexity index is 982. The number of likely N-dealkylation sites (tertiary alicyclic amines) is 1. The van der Waals surface area contributed by atoms with Crippen LogP contribution < -0.4 is 5.76 Å². The zero-order chi connectivity index (χ0) is 20.5. The Balaban J connectivity index is 1.33. The fourth-order valence-electron chi connectivity index (χ4n) is 4.42. The van der Waals surface area contributed by atoms with Crippen LogP contribution in [0.3, 0.4) is 0 Å². The highest BCUT2D eigenvalue weighted by Crippen LogP contribution is 2.38. The van der Waals surface area contributed by atoms with Gasteiger partial charge in [0.25, 0.3) is 0 Å². The number of oxazole rings is 1. The Labute approximate surface area is 167 Å². The van der Waals surface area contributed by atoms with E-state index >= 15 is 0 Å². The first-order valence-electron chi connectivity index (χ1n) is 10.1. The standard InChI is InChI=1S/C21H24N2O6/c1-13(23-18(24)14-7-2-3-8-15(14)19(23)25)20(26)28-12-6-11-22-16-9-4-5-10-17(16)29-21(22)27/h4-5,9-10,13-15H,2-3,6-8,11-12H2,1H3/t13-,14?,15?/m0/s1. The summed E-state index contributed by atoms with van der Waals surface area (Å²) >= 11 is 0. The van der Waals surface area contributed by atoms with Crippen LogP contribution in [0.2, 0.25) is 0 Å². The molecule has 1 aromatic carbocycles. The molecule has 1 aliphatic carbocycles. The van der Waals surface area contributed by atoms with Crippen molar-refractivity contribution in [1.82, 2.24) is 9.47 Å². The minimum atomic E-state index is -0.932. The van der Waals surface area contributed by atoms with Gasteiger partial charge in [0.15, 0.2) is 5.58 Å². The van der Waals surface area contributed by atoms with E-state index in [1.54, 1.807) is 18.2 Å². The molecule has 0 bridgehead atoms. The average Bonchev–Trinajstić information content (AvgIpc) is 3.18. The van der Waals surface area contributed by atoms with Crippen molar-refractivity contribution in [2.75, 3.05) is 6.61 Å². The molecule has 154 valence electrons. The van der Waals surface area contributed by atoms with E-state index in [4.69, 9.17) is 9.15 Å². The largest absolute Gasteiger partial charge is 0.464 e. The summed E-state index contributed by atoms with van der Waals surface area (Å²) in [6.07, 6.45) is 3.71. The van der Waals surface area contributed by atoms with Gasteiger partial charge in [0.05, 0.1) is 24.0 Å². The fraction of sp³-hybridized carbons (Fsp3) is 0.524. The lowest BCUT2D eigenvalue weighted by Crippen LogP contribution is -2.44. The van der Waals surface area contributed by atoms with Crippen molar-refractivity contribution in [3.63, 3.8) is 0 Å². The molecule has 0 N–H and O–H groups in total. The van der Waals surface area contributed by atoms with Gasteiger partial charge in [-0.05, 0) is 38.3 Å². The van der Waals surface area contributed by atoms with E-state index in [0.29, 0.717) is 36.9 Å². The summed E-state index contributed by atoms with van der Waals surface area (Å²) in [5.41, 5.74) is 1.20. The number of amides is 2. The first-order chi connectivity index (χ1) is 14.0. The minimum Gasteiger partial charge on any atom is -0.464 e. The van der Waals surface area contributed by atoms with Gasteiger partial charge in [0.2, 0.25) is 11.8 Å². The maximum atomic E-state index is 12.6. The van der Waals surface area contributed by atoms with Crippen molar-refractivity contribution in [3.8, 4) is 0 Å². The molecular formula is C21H24N2O6. The highest BCUT2D eigenvalue weighted by atomic mass is 16.5. The van der Waals surface area contributed by atoms with Crippen molar-refractivity contribution in [2.24, 2.45) is 11.8 Å². The smallest absolute Gasteiger partial charge is 0.419 e. The number of rotatable bonds is 6. The van der Waals surface area contributed by atoms with Crippen LogP contribution in [0.5, 0.6) is 0 Å². The molecule has 0 radical (unpaired) electrons. The summed E-state index contributed by atoms with van der Waals surface area (Å²) in [5.74, 6) is -2.13. The molecule has 29 heavy (non-hydrogen) atoms. The summed E-state index contributed by atoms with van der Waals surface area (Å²) in [6.45, 7) is 1.95. The fourth-order valence-corrected chi connectivity index (χ4v) is 4.42. The van der Waals surface area contributed by atoms with E-state index in [-0.39, 0.29) is 30.3 Å². The minimum absolute atomic E-state index is 0.0815. The van der Waals surface area contributed by atoms with Crippen molar-refractivity contribution >= 4 is 28.9 Å². The Morgan fingerprint density at radius 2 is 1.79 bits per heavy atom. The lowest BCUT2D eigenvalue weighted by Gasteiger charge is -2.21. The molecule has 2 unspecified atom stereocenters. The molecule has 1 saturated heterocycles. The summed E-state index contributed by atoms with van der Waals surface area (Å²) in [5, 5.41) is 0. The predicted molar refractivity (Wildman–Crippen MR) is 103 cm³/mol. The molecule has 2 fully saturated rings. The van der Waals surface area contributed by atoms with Crippen LogP contribution in [0.4, 0.5) is 0 Å². The van der Waals surface area contributed by atoms with Gasteiger partial charge in [-0.25, -0.2) is 9.59 Å². The lowest BCUT2D eigenvalue weighted by atomic mass is 9.81. The predicted octanol–water partition coefficient (Wildman–Crippen LogP) is 2.09. The van der Waals surface area contributed by atoms with Crippen molar-refractivity contribution in [3.05, 3.63) is 34.8 Å². The quantitative estimate of drug-likeness (QED) is 0.418. The number of hydrogen-bond acceptors (Lipinski definition) is 6. The second-order valence-electron chi connectivity index (χ2n) is 7.73. The van der Waals surface area contributed by atoms with Crippen LogP contribution in [-0.2, 0) is 25.7 Å². The number of carbonyl (C=O) groups excluding carboxylic acids is 3. The van der Waals surface area contributed by atoms with Gasteiger partial charge >= 0.3 is 11.7 Å². The van der Waals surface area contributed by atoms with Crippen molar-refractivity contribution in [2.45, 2.75) is 51.6 Å². The van der Waals surface area contributed by atoms with Crippen LogP contribution in [0.15, 0.2) is 33.5 Å². The lowest BCUT2D eigenvalue weighted by molar-refractivity contribution is -0.158. The molecular weight excluding hydrogens is 376 g/mol. The molecule has 1 aliphatic heterocycles. The molecule has 1 saturated carbocycles. The third kappa shape index (κ3) is 3.47. The monoisotopic (exact) mass is 400 g/mol. The van der Waals surface area contributed by atoms with E-state index in [1.807, 2.05) is 6.07 Å². The molecule has 8 heteroatoms. The van der Waals surface area contributed by atoms with E-state index in [0.717, 1.165) is 17.7 Å². The van der Waals surface area contributed by atoms with Gasteiger partial charge in [0, 0.05) is 6.54 Å². The first-order valence-corrected chi connectivity index (χ1v) is 10.1. The first kappa shape index (κ1) is 19.4. The number of nitrogens with zero attached hydrogens (tertiary/aromatic N) is 2. The molecule has 2 aromatic rings. The van der Waals surface area contributed by atoms with E-state index < -0.39 is 17.8 Å². The van der Waals surface area contributed by atoms with E-state index in [1.165, 1.54) is 11.5 Å². The Kier molecular flexibility index (Phi) is 5.25. The Hall–Kier alpha value is -2.90. The number of carbonyl (C=O) groups is 3. The van der Waals surface area contributed by atoms with Gasteiger partial charge < -0.3 is 9.15 Å². The normalized spacial score (nSPS) is 22.7. The summed E-state index contributed by atoms with van der Waals surface area (Å²) < 4.78 is 11.9. The van der Waals surface area contributed by atoms with Gasteiger partial charge in [-0.3, -0.25) is 19.1 Å². The topological polar surface area (TPSA) is 98.8 Å². The molecule has 3 atom stereocenters. The number of para-hydroxylation sites is 2. The number of benzene rings is 1. The summed E-state index contributed by atoms with van der Waals surface area (Å²) in [7, 11) is 0. The number of ether oxygens (including phenoxy) is 1. The van der Waals surface area contributed by atoms with Crippen LogP contribution in [-0.4, -0.2) is 39.9 Å². The van der Waals surface area contributed by atoms with Crippen LogP contribution in [0.1, 0.15) is 39.0 Å². The highest BCUT2D eigenvalue weighted by molar-refractivity contribution is 6.07. The number of aromatic nitrogens is 1. The maximum Gasteiger partial charge on any atom is 0.419 e. The molecule has 4 rings (SSSR count). The van der Waals surface area contributed by atoms with Gasteiger partial charge in [0.1, 0.15) is 6.04 Å². The molecule has 2 aliphatic rings. The van der Waals surface area contributed by atoms with Gasteiger partial charge in [-0.1, -0.05) is 25.0 Å². The molecule has 2 amide bonds. The zero-order valence-electron chi connectivity index (χ0n) is 16.3. The summed E-state index contributed by atoms with van der Waals surface area (Å²) in [6, 6.07) is 6.18. The van der Waals surface area contributed by atoms with E-state index in [9.17, 15) is 19.2 Å². The third-order valence-corrected chi connectivity index (χ3v) is 5.95. The Morgan fingerprint density at radius 3 is 2.48 bits per heavy atom. The second kappa shape index (κ2) is 7.85. The second-order valence-corrected chi connectivity index (χ2v) is 7.73. The number of imide groups is 1. The maximum absolute atomic E-state index is 12.6. The summed E-state index contributed by atoms with van der Waals surface area (Å²) in [4.78, 5) is 50.6. The van der Waals surface area contributed by atoms with Gasteiger partial charge in [-0.15, -0.1) is 0 Å². The number of hydrogen-bond donors (Lipinski definition) is 0. The number of esters is 1. The molecule has 8 nitrogen and oxygen atoms in total. The third-order valence-electron chi connectivity index (χ3n) is 5.95. The van der Waals surface area contributed by atoms with Crippen molar-refractivity contribution < 1.29 is 23.5 Å². The average molecular weight is 400 g/mol. The van der Waals surface area contributed by atoms with Gasteiger partial charge in [-0.2, -0.15) is 0 Å². The molecule has 0 spiro atoms. The molecule has 2 heterocycles. The van der Waals surface area contributed by atoms with Crippen LogP contribution in [0.25, 0.3) is 11.1 Å². The Morgan fingerprint density at radius 1 is 1.14 bits per heavy atom. The SMILES string of the molecule is C[C@@H](C(=O)OCCCn1c(=O)oc2ccccc21)N1C(=O)C2CCCCC2C1=O. The molecule has 1 aromatic heterocycles. The number of fused-ring (bicyclic) bond motifs is 2. The number of aryl methyl sites for hydroxylation is 1. The van der Waals surface area contributed by atoms with Crippen LogP contribution in [0, 0.1) is 11.8 Å².